The van der Waals surface area contributed by atoms with Crippen LogP contribution >= 0.6 is 0 Å². The van der Waals surface area contributed by atoms with Crippen LogP contribution in [0.5, 0.6) is 0 Å². The van der Waals surface area contributed by atoms with Crippen molar-refractivity contribution in [3.8, 4) is 0 Å². The average molecular weight is 204 g/mol. The van der Waals surface area contributed by atoms with Gasteiger partial charge >= 0.3 is 0 Å². The van der Waals surface area contributed by atoms with E-state index in [0.717, 1.165) is 6.42 Å². The van der Waals surface area contributed by atoms with Gasteiger partial charge in [0.1, 0.15) is 0 Å². The molecule has 0 N–H and O–H groups in total. The summed E-state index contributed by atoms with van der Waals surface area (Å²) in [6, 6.07) is 0. The molecular formula is C12H22F2. The Morgan fingerprint density at radius 1 is 1.43 bits per heavy atom. The molecule has 2 heteroatoms. The molecule has 0 aromatic heterocycles. The van der Waals surface area contributed by atoms with Crippen molar-refractivity contribution in [2.45, 2.75) is 58.8 Å². The zero-order chi connectivity index (χ0) is 10.8. The molecule has 1 rings (SSSR count). The molecule has 84 valence electrons. The topological polar surface area (TPSA) is 0 Å². The Kier molecular flexibility index (Phi) is 3.91. The van der Waals surface area contributed by atoms with Crippen molar-refractivity contribution < 1.29 is 8.78 Å². The molecule has 1 fully saturated rings. The van der Waals surface area contributed by atoms with Crippen LogP contribution in [-0.4, -0.2) is 5.92 Å². The van der Waals surface area contributed by atoms with Crippen molar-refractivity contribution in [1.29, 1.82) is 0 Å². The molecule has 1 saturated carbocycles. The summed E-state index contributed by atoms with van der Waals surface area (Å²) in [6.45, 7) is 6.37. The van der Waals surface area contributed by atoms with Crippen molar-refractivity contribution in [2.24, 2.45) is 17.8 Å². The van der Waals surface area contributed by atoms with Gasteiger partial charge in [-0.1, -0.05) is 33.6 Å². The molecule has 0 heterocycles. The predicted molar refractivity (Wildman–Crippen MR) is 55.5 cm³/mol. The van der Waals surface area contributed by atoms with Crippen LogP contribution in [0.15, 0.2) is 0 Å². The zero-order valence-electron chi connectivity index (χ0n) is 9.52. The van der Waals surface area contributed by atoms with E-state index in [1.165, 1.54) is 12.8 Å². The fraction of sp³-hybridized carbons (Fsp3) is 1.00. The molecule has 0 aromatic carbocycles. The fourth-order valence-corrected chi connectivity index (χ4v) is 2.90. The van der Waals surface area contributed by atoms with E-state index in [1.54, 1.807) is 0 Å². The summed E-state index contributed by atoms with van der Waals surface area (Å²) in [4.78, 5) is 0. The lowest BCUT2D eigenvalue weighted by atomic mass is 9.71. The molecule has 1 aliphatic rings. The third-order valence-corrected chi connectivity index (χ3v) is 3.67. The second-order valence-corrected chi connectivity index (χ2v) is 5.01. The van der Waals surface area contributed by atoms with E-state index >= 15 is 0 Å². The Bertz CT molecular complexity index is 177. The molecule has 14 heavy (non-hydrogen) atoms. The maximum atomic E-state index is 13.1. The largest absolute Gasteiger partial charge is 0.248 e. The minimum Gasteiger partial charge on any atom is -0.207 e. The Labute approximate surface area is 86.1 Å². The van der Waals surface area contributed by atoms with E-state index in [4.69, 9.17) is 0 Å². The highest BCUT2D eigenvalue weighted by Crippen LogP contribution is 2.43. The summed E-state index contributed by atoms with van der Waals surface area (Å²) in [5, 5.41) is 0. The van der Waals surface area contributed by atoms with Gasteiger partial charge in [0.05, 0.1) is 0 Å². The summed E-state index contributed by atoms with van der Waals surface area (Å²) in [6.07, 6.45) is 3.28. The van der Waals surface area contributed by atoms with Gasteiger partial charge in [0, 0.05) is 12.8 Å². The molecule has 0 radical (unpaired) electrons. The fourth-order valence-electron chi connectivity index (χ4n) is 2.90. The lowest BCUT2D eigenvalue weighted by Crippen LogP contribution is -2.34. The highest BCUT2D eigenvalue weighted by Gasteiger charge is 2.40. The zero-order valence-corrected chi connectivity index (χ0v) is 9.52. The first-order chi connectivity index (χ1) is 6.46. The maximum Gasteiger partial charge on any atom is 0.248 e. The van der Waals surface area contributed by atoms with Crippen LogP contribution in [0, 0.1) is 17.8 Å². The van der Waals surface area contributed by atoms with Gasteiger partial charge in [-0.3, -0.25) is 0 Å². The van der Waals surface area contributed by atoms with E-state index in [9.17, 15) is 8.78 Å². The highest BCUT2D eigenvalue weighted by molar-refractivity contribution is 4.84. The normalized spacial score (nSPS) is 34.1. The number of rotatable bonds is 3. The second kappa shape index (κ2) is 4.59. The third kappa shape index (κ3) is 2.93. The number of hydrogen-bond acceptors (Lipinski definition) is 0. The minimum atomic E-state index is -2.39. The van der Waals surface area contributed by atoms with Crippen molar-refractivity contribution in [2.75, 3.05) is 0 Å². The van der Waals surface area contributed by atoms with Crippen LogP contribution in [0.3, 0.4) is 0 Å². The summed E-state index contributed by atoms with van der Waals surface area (Å²) in [7, 11) is 0. The molecule has 0 nitrogen and oxygen atoms in total. The van der Waals surface area contributed by atoms with E-state index in [0.29, 0.717) is 11.8 Å². The van der Waals surface area contributed by atoms with E-state index in [1.807, 2.05) is 6.92 Å². The van der Waals surface area contributed by atoms with Gasteiger partial charge in [0.25, 0.3) is 0 Å². The predicted octanol–water partition coefficient (Wildman–Crippen LogP) is 4.49. The van der Waals surface area contributed by atoms with Gasteiger partial charge < -0.3 is 0 Å². The molecule has 0 amide bonds. The lowest BCUT2D eigenvalue weighted by molar-refractivity contribution is -0.0737. The van der Waals surface area contributed by atoms with Crippen LogP contribution < -0.4 is 0 Å². The first-order valence-electron chi connectivity index (χ1n) is 5.84. The molecule has 0 bridgehead atoms. The standard InChI is InChI=1S/C12H22F2/c1-4-5-9(2)11-6-7-12(13,14)8-10(11)3/h9-11H,4-8H2,1-3H3. The Morgan fingerprint density at radius 2 is 2.07 bits per heavy atom. The number of hydrogen-bond donors (Lipinski definition) is 0. The third-order valence-electron chi connectivity index (χ3n) is 3.67. The molecule has 1 aliphatic carbocycles. The highest BCUT2D eigenvalue weighted by atomic mass is 19.3. The van der Waals surface area contributed by atoms with Crippen molar-refractivity contribution in [3.63, 3.8) is 0 Å². The van der Waals surface area contributed by atoms with Crippen molar-refractivity contribution >= 4 is 0 Å². The van der Waals surface area contributed by atoms with E-state index in [-0.39, 0.29) is 18.8 Å². The van der Waals surface area contributed by atoms with Crippen LogP contribution in [0.25, 0.3) is 0 Å². The molecule has 0 spiro atoms. The quantitative estimate of drug-likeness (QED) is 0.635. The Morgan fingerprint density at radius 3 is 2.57 bits per heavy atom. The molecule has 0 aromatic rings. The summed E-state index contributed by atoms with van der Waals surface area (Å²) in [5.41, 5.74) is 0. The minimum absolute atomic E-state index is 0.103. The second-order valence-electron chi connectivity index (χ2n) is 5.01. The van der Waals surface area contributed by atoms with E-state index in [2.05, 4.69) is 13.8 Å². The van der Waals surface area contributed by atoms with Crippen LogP contribution in [0.4, 0.5) is 8.78 Å². The van der Waals surface area contributed by atoms with Gasteiger partial charge in [-0.05, 0) is 24.2 Å². The Balaban J connectivity index is 2.49. The van der Waals surface area contributed by atoms with Gasteiger partial charge in [-0.25, -0.2) is 8.78 Å². The molecular weight excluding hydrogens is 182 g/mol. The van der Waals surface area contributed by atoms with Gasteiger partial charge in [-0.15, -0.1) is 0 Å². The maximum absolute atomic E-state index is 13.1. The van der Waals surface area contributed by atoms with Crippen LogP contribution in [-0.2, 0) is 0 Å². The summed E-state index contributed by atoms with van der Waals surface area (Å²) >= 11 is 0. The SMILES string of the molecule is CCCC(C)C1CCC(F)(F)CC1C. The first kappa shape index (κ1) is 11.9. The van der Waals surface area contributed by atoms with Gasteiger partial charge in [0.2, 0.25) is 5.92 Å². The molecule has 0 aliphatic heterocycles. The molecule has 3 atom stereocenters. The average Bonchev–Trinajstić information content (AvgIpc) is 2.02. The smallest absolute Gasteiger partial charge is 0.207 e. The monoisotopic (exact) mass is 204 g/mol. The summed E-state index contributed by atoms with van der Waals surface area (Å²) in [5.74, 6) is -1.05. The first-order valence-corrected chi connectivity index (χ1v) is 5.84. The summed E-state index contributed by atoms with van der Waals surface area (Å²) < 4.78 is 26.2. The van der Waals surface area contributed by atoms with Crippen molar-refractivity contribution in [1.82, 2.24) is 0 Å². The van der Waals surface area contributed by atoms with Gasteiger partial charge in [-0.2, -0.15) is 0 Å². The number of halogens is 2. The van der Waals surface area contributed by atoms with E-state index < -0.39 is 5.92 Å². The number of alkyl halides is 2. The lowest BCUT2D eigenvalue weighted by Gasteiger charge is -2.37. The van der Waals surface area contributed by atoms with Gasteiger partial charge in [0.15, 0.2) is 0 Å². The molecule has 3 unspecified atom stereocenters. The molecule has 0 saturated heterocycles. The Hall–Kier alpha value is -0.140. The van der Waals surface area contributed by atoms with Crippen molar-refractivity contribution in [3.05, 3.63) is 0 Å². The van der Waals surface area contributed by atoms with Crippen LogP contribution in [0.1, 0.15) is 52.9 Å². The van der Waals surface area contributed by atoms with Crippen LogP contribution in [0.2, 0.25) is 0 Å².